The zero-order chi connectivity index (χ0) is 20.8. The Kier molecular flexibility index (Phi) is 5.14. The van der Waals surface area contributed by atoms with Crippen LogP contribution in [0.25, 0.3) is 10.9 Å². The first-order chi connectivity index (χ1) is 15.3. The highest BCUT2D eigenvalue weighted by atomic mass is 16.2. The molecular formula is C27H35N3O. The summed E-state index contributed by atoms with van der Waals surface area (Å²) in [5.74, 6) is 1.77. The number of nitrogens with zero attached hydrogens (tertiary/aromatic N) is 2. The Bertz CT molecular complexity index is 991. The van der Waals surface area contributed by atoms with E-state index in [4.69, 9.17) is 0 Å². The average Bonchev–Trinajstić information content (AvgIpc) is 3.22. The summed E-state index contributed by atoms with van der Waals surface area (Å²) < 4.78 is 0. The van der Waals surface area contributed by atoms with E-state index < -0.39 is 0 Å². The van der Waals surface area contributed by atoms with Crippen molar-refractivity contribution in [2.45, 2.75) is 69.9 Å². The molecule has 4 heterocycles. The fourth-order valence-corrected chi connectivity index (χ4v) is 7.17. The normalized spacial score (nSPS) is 30.6. The number of aromatic amines is 1. The van der Waals surface area contributed by atoms with Gasteiger partial charge in [0, 0.05) is 42.7 Å². The lowest BCUT2D eigenvalue weighted by atomic mass is 9.68. The lowest BCUT2D eigenvalue weighted by molar-refractivity contribution is -0.136. The summed E-state index contributed by atoms with van der Waals surface area (Å²) in [6.45, 7) is 3.44. The summed E-state index contributed by atoms with van der Waals surface area (Å²) >= 11 is 0. The Morgan fingerprint density at radius 3 is 3.03 bits per heavy atom. The Balaban J connectivity index is 1.14. The number of piperidine rings is 3. The van der Waals surface area contributed by atoms with Gasteiger partial charge in [0.2, 0.25) is 5.91 Å². The minimum absolute atomic E-state index is 0.383. The van der Waals surface area contributed by atoms with Crippen LogP contribution >= 0.6 is 0 Å². The molecule has 3 fully saturated rings. The van der Waals surface area contributed by atoms with Crippen LogP contribution in [0, 0.1) is 11.8 Å². The molecule has 1 amide bonds. The van der Waals surface area contributed by atoms with Crippen molar-refractivity contribution in [2.75, 3.05) is 19.6 Å². The quantitative estimate of drug-likeness (QED) is 0.718. The van der Waals surface area contributed by atoms with Gasteiger partial charge in [-0.05, 0) is 75.0 Å². The molecule has 164 valence electrons. The number of para-hydroxylation sites is 1. The van der Waals surface area contributed by atoms with Gasteiger partial charge in [0.25, 0.3) is 0 Å². The molecule has 1 aromatic carbocycles. The number of hydrogen-bond donors (Lipinski definition) is 1. The Morgan fingerprint density at radius 1 is 1.13 bits per heavy atom. The van der Waals surface area contributed by atoms with Gasteiger partial charge in [-0.25, -0.2) is 0 Å². The molecule has 31 heavy (non-hydrogen) atoms. The Labute approximate surface area is 185 Å². The minimum Gasteiger partial charge on any atom is -0.361 e. The number of benzene rings is 1. The molecule has 1 N–H and O–H groups in total. The molecule has 0 unspecified atom stereocenters. The van der Waals surface area contributed by atoms with E-state index in [1.807, 2.05) is 0 Å². The number of carbonyl (C=O) groups excluding carboxylic acids is 1. The number of nitrogens with one attached hydrogen (secondary N) is 1. The third-order valence-electron chi connectivity index (χ3n) is 8.49. The van der Waals surface area contributed by atoms with Crippen LogP contribution in [0.1, 0.15) is 56.9 Å². The summed E-state index contributed by atoms with van der Waals surface area (Å²) in [5, 5.41) is 1.30. The maximum Gasteiger partial charge on any atom is 0.223 e. The molecule has 1 aliphatic carbocycles. The second-order valence-corrected chi connectivity index (χ2v) is 10.3. The fraction of sp³-hybridized carbons (Fsp3) is 0.593. The number of hydrogen-bond acceptors (Lipinski definition) is 2. The molecule has 4 nitrogen and oxygen atoms in total. The number of aromatic nitrogens is 1. The zero-order valence-corrected chi connectivity index (χ0v) is 18.6. The van der Waals surface area contributed by atoms with Gasteiger partial charge in [-0.2, -0.15) is 0 Å². The molecule has 1 aromatic heterocycles. The van der Waals surface area contributed by atoms with Crippen molar-refractivity contribution in [1.82, 2.24) is 14.8 Å². The van der Waals surface area contributed by atoms with E-state index in [9.17, 15) is 4.79 Å². The molecule has 4 aliphatic rings. The summed E-state index contributed by atoms with van der Waals surface area (Å²) in [4.78, 5) is 21.8. The lowest BCUT2D eigenvalue weighted by Gasteiger charge is -2.54. The van der Waals surface area contributed by atoms with E-state index >= 15 is 0 Å². The Hall–Kier alpha value is -2.07. The SMILES string of the molecule is O=C(CCCc1c[nH]c2ccccc12)N1CCCC2=C[C@H]3C[C@@H](CN4CCCC[C@@H]34)[C@@H]21. The van der Waals surface area contributed by atoms with Crippen molar-refractivity contribution in [2.24, 2.45) is 11.8 Å². The van der Waals surface area contributed by atoms with Crippen LogP contribution in [0.3, 0.4) is 0 Å². The number of carbonyl (C=O) groups is 1. The van der Waals surface area contributed by atoms with Crippen LogP contribution in [-0.2, 0) is 11.2 Å². The van der Waals surface area contributed by atoms with E-state index in [0.29, 0.717) is 24.3 Å². The van der Waals surface area contributed by atoms with Gasteiger partial charge in [-0.1, -0.05) is 36.3 Å². The van der Waals surface area contributed by atoms with Crippen LogP contribution in [0.15, 0.2) is 42.1 Å². The molecule has 0 spiro atoms. The third-order valence-corrected chi connectivity index (χ3v) is 8.49. The number of amides is 1. The summed E-state index contributed by atoms with van der Waals surface area (Å²) in [7, 11) is 0. The van der Waals surface area contributed by atoms with E-state index in [1.54, 1.807) is 5.57 Å². The third kappa shape index (κ3) is 3.53. The maximum absolute atomic E-state index is 13.4. The molecular weight excluding hydrogens is 382 g/mol. The van der Waals surface area contributed by atoms with Crippen LogP contribution in [0.2, 0.25) is 0 Å². The highest BCUT2D eigenvalue weighted by Crippen LogP contribution is 2.45. The minimum atomic E-state index is 0.383. The van der Waals surface area contributed by atoms with Crippen molar-refractivity contribution >= 4 is 16.8 Å². The van der Waals surface area contributed by atoms with Crippen molar-refractivity contribution < 1.29 is 4.79 Å². The smallest absolute Gasteiger partial charge is 0.223 e. The van der Waals surface area contributed by atoms with Crippen LogP contribution in [0.5, 0.6) is 0 Å². The number of H-pyrrole nitrogens is 1. The molecule has 0 saturated carbocycles. The number of likely N-dealkylation sites (tertiary alicyclic amines) is 1. The van der Waals surface area contributed by atoms with Crippen molar-refractivity contribution in [3.8, 4) is 0 Å². The van der Waals surface area contributed by atoms with Crippen molar-refractivity contribution in [3.05, 3.63) is 47.7 Å². The Morgan fingerprint density at radius 2 is 2.06 bits per heavy atom. The largest absolute Gasteiger partial charge is 0.361 e. The van der Waals surface area contributed by atoms with Gasteiger partial charge < -0.3 is 9.88 Å². The molecule has 0 radical (unpaired) electrons. The van der Waals surface area contributed by atoms with Crippen molar-refractivity contribution in [3.63, 3.8) is 0 Å². The first kappa shape index (κ1) is 19.6. The predicted octanol–water partition coefficient (Wildman–Crippen LogP) is 4.91. The second-order valence-electron chi connectivity index (χ2n) is 10.3. The number of aryl methyl sites for hydroxylation is 1. The monoisotopic (exact) mass is 417 g/mol. The van der Waals surface area contributed by atoms with Crippen LogP contribution in [-0.4, -0.2) is 52.4 Å². The predicted molar refractivity (Wildman–Crippen MR) is 125 cm³/mol. The van der Waals surface area contributed by atoms with E-state index in [1.165, 1.54) is 61.7 Å². The summed E-state index contributed by atoms with van der Waals surface area (Å²) in [6, 6.07) is 9.63. The summed E-state index contributed by atoms with van der Waals surface area (Å²) in [5.41, 5.74) is 4.13. The van der Waals surface area contributed by atoms with E-state index in [0.717, 1.165) is 37.8 Å². The van der Waals surface area contributed by atoms with Crippen LogP contribution < -0.4 is 0 Å². The van der Waals surface area contributed by atoms with Gasteiger partial charge in [-0.3, -0.25) is 9.69 Å². The van der Waals surface area contributed by atoms with Gasteiger partial charge in [0.15, 0.2) is 0 Å². The first-order valence-electron chi connectivity index (χ1n) is 12.6. The van der Waals surface area contributed by atoms with Gasteiger partial charge in [0.05, 0.1) is 6.04 Å². The fourth-order valence-electron chi connectivity index (χ4n) is 7.17. The lowest BCUT2D eigenvalue weighted by Crippen LogP contribution is -2.60. The number of fused-ring (bicyclic) bond motifs is 7. The molecule has 2 bridgehead atoms. The first-order valence-corrected chi connectivity index (χ1v) is 12.6. The molecule has 3 aliphatic heterocycles. The maximum atomic E-state index is 13.4. The molecule has 2 aromatic rings. The standard InChI is InChI=1S/C27H35N3O/c31-26(12-5-7-20-17-28-24-10-2-1-9-23(20)24)30-14-6-8-19-15-21-16-22(27(19)30)18-29-13-4-3-11-25(21)29/h1-2,9-10,15,17,21-22,25,27-28H,3-8,11-14,16,18H2/t21-,22-,25-,27+/m0/s1. The molecule has 3 saturated heterocycles. The molecule has 6 rings (SSSR count). The van der Waals surface area contributed by atoms with Gasteiger partial charge in [0.1, 0.15) is 0 Å². The zero-order valence-electron chi connectivity index (χ0n) is 18.6. The summed E-state index contributed by atoms with van der Waals surface area (Å²) in [6.07, 6.45) is 15.1. The highest BCUT2D eigenvalue weighted by molar-refractivity contribution is 5.83. The van der Waals surface area contributed by atoms with E-state index in [2.05, 4.69) is 51.3 Å². The van der Waals surface area contributed by atoms with Gasteiger partial charge in [-0.15, -0.1) is 0 Å². The topological polar surface area (TPSA) is 39.3 Å². The van der Waals surface area contributed by atoms with Gasteiger partial charge >= 0.3 is 0 Å². The number of rotatable bonds is 4. The second kappa shape index (κ2) is 8.12. The average molecular weight is 418 g/mol. The molecule has 4 heteroatoms. The van der Waals surface area contributed by atoms with Crippen LogP contribution in [0.4, 0.5) is 0 Å². The van der Waals surface area contributed by atoms with Crippen molar-refractivity contribution in [1.29, 1.82) is 0 Å². The molecule has 4 atom stereocenters. The van der Waals surface area contributed by atoms with E-state index in [-0.39, 0.29) is 0 Å². The highest BCUT2D eigenvalue weighted by Gasteiger charge is 2.46.